The molecule has 1 aliphatic rings. The lowest BCUT2D eigenvalue weighted by Crippen LogP contribution is -2.37. The third-order valence-electron chi connectivity index (χ3n) is 5.20. The van der Waals surface area contributed by atoms with Crippen LogP contribution in [0, 0.1) is 0 Å². The van der Waals surface area contributed by atoms with Crippen LogP contribution in [0.1, 0.15) is 17.3 Å². The third-order valence-corrected chi connectivity index (χ3v) is 7.01. The van der Waals surface area contributed by atoms with Crippen LogP contribution >= 0.6 is 0 Å². The Morgan fingerprint density at radius 2 is 1.76 bits per heavy atom. The lowest BCUT2D eigenvalue weighted by molar-refractivity contribution is -0.122. The van der Waals surface area contributed by atoms with Gasteiger partial charge in [0.1, 0.15) is 5.75 Å². The van der Waals surface area contributed by atoms with Gasteiger partial charge in [-0.05, 0) is 49.4 Å². The van der Waals surface area contributed by atoms with Crippen molar-refractivity contribution in [2.75, 3.05) is 63.8 Å². The second-order valence-corrected chi connectivity index (χ2v) is 9.94. The van der Waals surface area contributed by atoms with Gasteiger partial charge in [0.25, 0.3) is 11.8 Å². The molecule has 184 valence electrons. The highest BCUT2D eigenvalue weighted by Crippen LogP contribution is 2.27. The van der Waals surface area contributed by atoms with Crippen molar-refractivity contribution in [3.05, 3.63) is 48.0 Å². The molecule has 0 aliphatic carbocycles. The summed E-state index contributed by atoms with van der Waals surface area (Å²) in [5.41, 5.74) is 1.39. The molecule has 10 nitrogen and oxygen atoms in total. The summed E-state index contributed by atoms with van der Waals surface area (Å²) in [5, 5.41) is 5.46. The van der Waals surface area contributed by atoms with Gasteiger partial charge >= 0.3 is 0 Å². The first-order valence-corrected chi connectivity index (χ1v) is 12.4. The van der Waals surface area contributed by atoms with Crippen molar-refractivity contribution in [2.24, 2.45) is 0 Å². The predicted octanol–water partition coefficient (Wildman–Crippen LogP) is 1.54. The average Bonchev–Trinajstić information content (AvgIpc) is 2.84. The largest absolute Gasteiger partial charge is 0.484 e. The molecule has 0 saturated carbocycles. The van der Waals surface area contributed by atoms with Gasteiger partial charge in [-0.2, -0.15) is 0 Å². The minimum Gasteiger partial charge on any atom is -0.484 e. The third kappa shape index (κ3) is 6.25. The number of carbonyl (C=O) groups excluding carboxylic acids is 2. The molecular weight excluding hydrogens is 460 g/mol. The number of nitrogens with one attached hydrogen (secondary N) is 2. The first-order valence-electron chi connectivity index (χ1n) is 10.9. The molecule has 0 radical (unpaired) electrons. The van der Waals surface area contributed by atoms with E-state index in [1.807, 2.05) is 11.8 Å². The Bertz CT molecular complexity index is 1110. The summed E-state index contributed by atoms with van der Waals surface area (Å²) in [4.78, 5) is 26.8. The standard InChI is InChI=1S/C23H30N4O6S/c1-4-24-22(28)16-33-18-7-5-17(6-8-18)25-23(29)20-15-19(34(30,31)26(2)3)9-10-21(20)27-11-13-32-14-12-27/h5-10,15H,4,11-14,16H2,1-3H3,(H,24,28)(H,25,29). The molecule has 0 aromatic heterocycles. The number of rotatable bonds is 9. The molecule has 3 rings (SSSR count). The highest BCUT2D eigenvalue weighted by atomic mass is 32.2. The van der Waals surface area contributed by atoms with E-state index in [1.54, 1.807) is 30.3 Å². The van der Waals surface area contributed by atoms with Crippen molar-refractivity contribution in [3.8, 4) is 5.75 Å². The van der Waals surface area contributed by atoms with Crippen LogP contribution in [0.3, 0.4) is 0 Å². The van der Waals surface area contributed by atoms with E-state index in [4.69, 9.17) is 9.47 Å². The van der Waals surface area contributed by atoms with Gasteiger partial charge in [0.05, 0.1) is 23.7 Å². The lowest BCUT2D eigenvalue weighted by Gasteiger charge is -2.30. The molecule has 2 amide bonds. The van der Waals surface area contributed by atoms with E-state index in [0.717, 1.165) is 4.31 Å². The summed E-state index contributed by atoms with van der Waals surface area (Å²) < 4.78 is 37.3. The molecule has 2 aromatic carbocycles. The van der Waals surface area contributed by atoms with Crippen LogP contribution in [0.25, 0.3) is 0 Å². The number of benzene rings is 2. The molecule has 34 heavy (non-hydrogen) atoms. The maximum Gasteiger partial charge on any atom is 0.257 e. The van der Waals surface area contributed by atoms with Crippen molar-refractivity contribution >= 4 is 33.2 Å². The van der Waals surface area contributed by atoms with Gasteiger partial charge in [0, 0.05) is 45.1 Å². The summed E-state index contributed by atoms with van der Waals surface area (Å²) in [5.74, 6) is -0.172. The number of hydrogen-bond acceptors (Lipinski definition) is 7. The van der Waals surface area contributed by atoms with Crippen LogP contribution in [0.5, 0.6) is 5.75 Å². The molecule has 0 unspecified atom stereocenters. The van der Waals surface area contributed by atoms with Crippen LogP contribution in [-0.4, -0.2) is 78.1 Å². The summed E-state index contributed by atoms with van der Waals surface area (Å²) in [6.07, 6.45) is 0. The number of amides is 2. The molecule has 11 heteroatoms. The number of ether oxygens (including phenoxy) is 2. The molecule has 2 N–H and O–H groups in total. The first-order chi connectivity index (χ1) is 16.2. The highest BCUT2D eigenvalue weighted by molar-refractivity contribution is 7.89. The molecule has 1 heterocycles. The maximum atomic E-state index is 13.2. The summed E-state index contributed by atoms with van der Waals surface area (Å²) in [7, 11) is -0.826. The monoisotopic (exact) mass is 490 g/mol. The zero-order valence-corrected chi connectivity index (χ0v) is 20.4. The van der Waals surface area contributed by atoms with E-state index in [0.29, 0.717) is 50.0 Å². The van der Waals surface area contributed by atoms with Crippen molar-refractivity contribution in [1.29, 1.82) is 0 Å². The number of nitrogens with zero attached hydrogens (tertiary/aromatic N) is 2. The number of morpholine rings is 1. The molecule has 1 saturated heterocycles. The molecular formula is C23H30N4O6S. The SMILES string of the molecule is CCNC(=O)COc1ccc(NC(=O)c2cc(S(=O)(=O)N(C)C)ccc2N2CCOCC2)cc1. The second-order valence-electron chi connectivity index (χ2n) is 7.79. The van der Waals surface area contributed by atoms with E-state index in [1.165, 1.54) is 26.2 Å². The van der Waals surface area contributed by atoms with E-state index in [9.17, 15) is 18.0 Å². The molecule has 0 bridgehead atoms. The van der Waals surface area contributed by atoms with Gasteiger partial charge in [-0.1, -0.05) is 0 Å². The Hall–Kier alpha value is -3.15. The molecule has 0 spiro atoms. The number of anilines is 2. The average molecular weight is 491 g/mol. The highest BCUT2D eigenvalue weighted by Gasteiger charge is 2.24. The first kappa shape index (κ1) is 25.5. The van der Waals surface area contributed by atoms with E-state index in [-0.39, 0.29) is 23.0 Å². The Labute approximate surface area is 199 Å². The number of sulfonamides is 1. The minimum atomic E-state index is -3.72. The summed E-state index contributed by atoms with van der Waals surface area (Å²) >= 11 is 0. The fourth-order valence-corrected chi connectivity index (χ4v) is 4.31. The van der Waals surface area contributed by atoms with E-state index >= 15 is 0 Å². The van der Waals surface area contributed by atoms with Gasteiger partial charge in [-0.15, -0.1) is 0 Å². The minimum absolute atomic E-state index is 0.0359. The predicted molar refractivity (Wildman–Crippen MR) is 129 cm³/mol. The second kappa shape index (κ2) is 11.3. The molecule has 1 fully saturated rings. The summed E-state index contributed by atoms with van der Waals surface area (Å²) in [6, 6.07) is 11.2. The van der Waals surface area contributed by atoms with E-state index in [2.05, 4.69) is 10.6 Å². The van der Waals surface area contributed by atoms with E-state index < -0.39 is 15.9 Å². The van der Waals surface area contributed by atoms with Gasteiger partial charge in [-0.3, -0.25) is 9.59 Å². The van der Waals surface area contributed by atoms with Crippen LogP contribution in [0.15, 0.2) is 47.4 Å². The Morgan fingerprint density at radius 3 is 2.38 bits per heavy atom. The zero-order valence-electron chi connectivity index (χ0n) is 19.5. The van der Waals surface area contributed by atoms with Crippen LogP contribution in [0.2, 0.25) is 0 Å². The lowest BCUT2D eigenvalue weighted by atomic mass is 10.1. The smallest absolute Gasteiger partial charge is 0.257 e. The van der Waals surface area contributed by atoms with Crippen molar-refractivity contribution in [1.82, 2.24) is 9.62 Å². The van der Waals surface area contributed by atoms with Crippen LogP contribution in [-0.2, 0) is 19.6 Å². The van der Waals surface area contributed by atoms with Gasteiger partial charge in [-0.25, -0.2) is 12.7 Å². The van der Waals surface area contributed by atoms with Gasteiger partial charge < -0.3 is 25.0 Å². The number of carbonyl (C=O) groups is 2. The molecule has 1 aliphatic heterocycles. The van der Waals surface area contributed by atoms with Crippen LogP contribution < -0.4 is 20.3 Å². The quantitative estimate of drug-likeness (QED) is 0.548. The van der Waals surface area contributed by atoms with Gasteiger partial charge in [0.15, 0.2) is 6.61 Å². The molecule has 2 aromatic rings. The topological polar surface area (TPSA) is 117 Å². The van der Waals surface area contributed by atoms with Crippen LogP contribution in [0.4, 0.5) is 11.4 Å². The fraction of sp³-hybridized carbons (Fsp3) is 0.391. The summed E-state index contributed by atoms with van der Waals surface area (Å²) in [6.45, 7) is 4.49. The normalized spacial score (nSPS) is 14.1. The van der Waals surface area contributed by atoms with Crippen molar-refractivity contribution in [3.63, 3.8) is 0 Å². The Balaban J connectivity index is 1.82. The van der Waals surface area contributed by atoms with Gasteiger partial charge in [0.2, 0.25) is 10.0 Å². The molecule has 0 atom stereocenters. The van der Waals surface area contributed by atoms with Crippen molar-refractivity contribution < 1.29 is 27.5 Å². The maximum absolute atomic E-state index is 13.2. The number of likely N-dealkylation sites (N-methyl/N-ethyl adjacent to an activating group) is 1. The fourth-order valence-electron chi connectivity index (χ4n) is 3.38. The zero-order chi connectivity index (χ0) is 24.7. The number of hydrogen-bond donors (Lipinski definition) is 2. The Morgan fingerprint density at radius 1 is 1.09 bits per heavy atom. The Kier molecular flexibility index (Phi) is 8.48. The van der Waals surface area contributed by atoms with Crippen molar-refractivity contribution in [2.45, 2.75) is 11.8 Å².